The Bertz CT molecular complexity index is 1030. The van der Waals surface area contributed by atoms with E-state index in [1.807, 2.05) is 61.5 Å². The lowest BCUT2D eigenvalue weighted by Crippen LogP contribution is -2.41. The SMILES string of the molecule is COC(=O)C(CC#Cc1ccccc1)(CC(C)=C=CC(C)(C)c1ccccc1)C(=O)OC. The van der Waals surface area contributed by atoms with E-state index in [1.165, 1.54) is 14.2 Å². The van der Waals surface area contributed by atoms with Gasteiger partial charge in [0.15, 0.2) is 5.41 Å². The Hall–Kier alpha value is -3.54. The standard InChI is InChI=1S/C28H30O4/c1-22(18-20-27(2,3)24-16-10-7-11-17-24)21-28(25(29)31-4,26(30)32-5)19-12-15-23-13-8-6-9-14-23/h6-11,13-14,16-17,20H,19,21H2,1-5H3. The van der Waals surface area contributed by atoms with Crippen molar-refractivity contribution in [2.24, 2.45) is 5.41 Å². The third-order valence-corrected chi connectivity index (χ3v) is 5.31. The Morgan fingerprint density at radius 1 is 0.906 bits per heavy atom. The predicted molar refractivity (Wildman–Crippen MR) is 126 cm³/mol. The highest BCUT2D eigenvalue weighted by atomic mass is 16.5. The number of carbonyl (C=O) groups is 2. The average molecular weight is 431 g/mol. The fraction of sp³-hybridized carbons (Fsp3) is 0.321. The summed E-state index contributed by atoms with van der Waals surface area (Å²) in [7, 11) is 2.52. The van der Waals surface area contributed by atoms with Gasteiger partial charge in [0.1, 0.15) is 0 Å². The fourth-order valence-electron chi connectivity index (χ4n) is 3.40. The zero-order valence-corrected chi connectivity index (χ0v) is 19.4. The van der Waals surface area contributed by atoms with Crippen molar-refractivity contribution < 1.29 is 19.1 Å². The first-order valence-electron chi connectivity index (χ1n) is 10.4. The zero-order valence-electron chi connectivity index (χ0n) is 19.4. The van der Waals surface area contributed by atoms with E-state index in [0.717, 1.165) is 16.7 Å². The van der Waals surface area contributed by atoms with Gasteiger partial charge in [0.05, 0.1) is 14.2 Å². The van der Waals surface area contributed by atoms with Crippen LogP contribution in [0, 0.1) is 17.3 Å². The van der Waals surface area contributed by atoms with Gasteiger partial charge >= 0.3 is 11.9 Å². The van der Waals surface area contributed by atoms with Gasteiger partial charge in [-0.3, -0.25) is 9.59 Å². The van der Waals surface area contributed by atoms with Crippen molar-refractivity contribution in [1.82, 2.24) is 0 Å². The van der Waals surface area contributed by atoms with Crippen LogP contribution in [-0.2, 0) is 24.5 Å². The number of ether oxygens (including phenoxy) is 2. The van der Waals surface area contributed by atoms with E-state index in [1.54, 1.807) is 0 Å². The number of rotatable bonds is 7. The summed E-state index contributed by atoms with van der Waals surface area (Å²) in [5.41, 5.74) is 4.11. The molecule has 0 unspecified atom stereocenters. The van der Waals surface area contributed by atoms with E-state index in [4.69, 9.17) is 9.47 Å². The van der Waals surface area contributed by atoms with Gasteiger partial charge in [0.25, 0.3) is 0 Å². The third-order valence-electron chi connectivity index (χ3n) is 5.31. The van der Waals surface area contributed by atoms with E-state index in [-0.39, 0.29) is 18.3 Å². The van der Waals surface area contributed by atoms with Crippen LogP contribution in [0.3, 0.4) is 0 Å². The van der Waals surface area contributed by atoms with Gasteiger partial charge < -0.3 is 9.47 Å². The summed E-state index contributed by atoms with van der Waals surface area (Å²) in [6, 6.07) is 19.5. The molecular formula is C28H30O4. The van der Waals surface area contributed by atoms with E-state index in [0.29, 0.717) is 0 Å². The Labute approximate surface area is 190 Å². The van der Waals surface area contributed by atoms with Crippen LogP contribution in [0.5, 0.6) is 0 Å². The molecule has 2 aromatic carbocycles. The molecular weight excluding hydrogens is 400 g/mol. The lowest BCUT2D eigenvalue weighted by Gasteiger charge is -2.26. The van der Waals surface area contributed by atoms with Crippen LogP contribution in [0.1, 0.15) is 44.7 Å². The second-order valence-electron chi connectivity index (χ2n) is 8.24. The van der Waals surface area contributed by atoms with Crippen LogP contribution in [-0.4, -0.2) is 26.2 Å². The average Bonchev–Trinajstić information content (AvgIpc) is 2.82. The van der Waals surface area contributed by atoms with Gasteiger partial charge in [-0.25, -0.2) is 0 Å². The highest BCUT2D eigenvalue weighted by molar-refractivity contribution is 6.00. The molecule has 0 N–H and O–H groups in total. The largest absolute Gasteiger partial charge is 0.468 e. The predicted octanol–water partition coefficient (Wildman–Crippen LogP) is 5.23. The topological polar surface area (TPSA) is 52.6 Å². The number of hydrogen-bond acceptors (Lipinski definition) is 4. The number of allylic oxidation sites excluding steroid dienone is 1. The Kier molecular flexibility index (Phi) is 8.64. The molecule has 0 heterocycles. The lowest BCUT2D eigenvalue weighted by atomic mass is 9.78. The van der Waals surface area contributed by atoms with Crippen LogP contribution in [0.25, 0.3) is 0 Å². The molecule has 0 atom stereocenters. The molecule has 0 fully saturated rings. The van der Waals surface area contributed by atoms with Crippen LogP contribution in [0.15, 0.2) is 78.0 Å². The number of esters is 2. The molecule has 0 amide bonds. The first-order valence-corrected chi connectivity index (χ1v) is 10.4. The van der Waals surface area contributed by atoms with Crippen molar-refractivity contribution in [3.05, 3.63) is 89.2 Å². The van der Waals surface area contributed by atoms with Gasteiger partial charge in [0.2, 0.25) is 0 Å². The summed E-state index contributed by atoms with van der Waals surface area (Å²) in [4.78, 5) is 25.6. The number of benzene rings is 2. The Balaban J connectivity index is 2.40. The van der Waals surface area contributed by atoms with Crippen molar-refractivity contribution in [2.45, 2.75) is 39.0 Å². The van der Waals surface area contributed by atoms with Crippen LogP contribution >= 0.6 is 0 Å². The van der Waals surface area contributed by atoms with E-state index >= 15 is 0 Å². The minimum absolute atomic E-state index is 0.0255. The Morgan fingerprint density at radius 2 is 1.44 bits per heavy atom. The van der Waals surface area contributed by atoms with Crippen molar-refractivity contribution in [3.8, 4) is 11.8 Å². The quantitative estimate of drug-likeness (QED) is 0.261. The highest BCUT2D eigenvalue weighted by Gasteiger charge is 2.48. The van der Waals surface area contributed by atoms with Crippen molar-refractivity contribution in [1.29, 1.82) is 0 Å². The zero-order chi connectivity index (χ0) is 23.6. The maximum atomic E-state index is 12.8. The van der Waals surface area contributed by atoms with Gasteiger partial charge in [0, 0.05) is 23.8 Å². The number of hydrogen-bond donors (Lipinski definition) is 0. The van der Waals surface area contributed by atoms with Gasteiger partial charge in [-0.1, -0.05) is 74.2 Å². The molecule has 0 aromatic heterocycles. The monoisotopic (exact) mass is 430 g/mol. The van der Waals surface area contributed by atoms with Gasteiger partial charge in [-0.15, -0.1) is 5.73 Å². The lowest BCUT2D eigenvalue weighted by molar-refractivity contribution is -0.168. The number of carbonyl (C=O) groups excluding carboxylic acids is 2. The Morgan fingerprint density at radius 3 is 1.97 bits per heavy atom. The molecule has 0 radical (unpaired) electrons. The second kappa shape index (κ2) is 11.2. The molecule has 2 aromatic rings. The molecule has 0 bridgehead atoms. The van der Waals surface area contributed by atoms with Crippen LogP contribution in [0.2, 0.25) is 0 Å². The molecule has 32 heavy (non-hydrogen) atoms. The fourth-order valence-corrected chi connectivity index (χ4v) is 3.40. The van der Waals surface area contributed by atoms with E-state index in [9.17, 15) is 9.59 Å². The molecule has 166 valence electrons. The smallest absolute Gasteiger partial charge is 0.324 e. The molecule has 4 heteroatoms. The van der Waals surface area contributed by atoms with E-state index in [2.05, 4.69) is 43.6 Å². The molecule has 0 aliphatic heterocycles. The summed E-state index contributed by atoms with van der Waals surface area (Å²) in [6.45, 7) is 6.01. The van der Waals surface area contributed by atoms with E-state index < -0.39 is 17.4 Å². The highest BCUT2D eigenvalue weighted by Crippen LogP contribution is 2.34. The van der Waals surface area contributed by atoms with Crippen molar-refractivity contribution >= 4 is 11.9 Å². The molecule has 0 aliphatic carbocycles. The molecule has 0 spiro atoms. The van der Waals surface area contributed by atoms with Crippen LogP contribution < -0.4 is 0 Å². The minimum Gasteiger partial charge on any atom is -0.468 e. The van der Waals surface area contributed by atoms with Gasteiger partial charge in [-0.2, -0.15) is 0 Å². The molecule has 4 nitrogen and oxygen atoms in total. The first kappa shape index (κ1) is 24.7. The molecule has 0 saturated heterocycles. The maximum absolute atomic E-state index is 12.8. The molecule has 2 rings (SSSR count). The van der Waals surface area contributed by atoms with Crippen LogP contribution in [0.4, 0.5) is 0 Å². The summed E-state index contributed by atoms with van der Waals surface area (Å²) in [5, 5.41) is 0. The van der Waals surface area contributed by atoms with Crippen molar-refractivity contribution in [2.75, 3.05) is 14.2 Å². The first-order chi connectivity index (χ1) is 15.2. The minimum atomic E-state index is -1.56. The molecule has 0 aliphatic rings. The number of methoxy groups -OCH3 is 2. The summed E-state index contributed by atoms with van der Waals surface area (Å²) < 4.78 is 10.00. The third kappa shape index (κ3) is 6.23. The molecule has 0 saturated carbocycles. The van der Waals surface area contributed by atoms with Gasteiger partial charge in [-0.05, 0) is 36.3 Å². The summed E-state index contributed by atoms with van der Waals surface area (Å²) in [5.74, 6) is 4.64. The summed E-state index contributed by atoms with van der Waals surface area (Å²) in [6.07, 6.45) is 2.02. The normalized spacial score (nSPS) is 10.8. The van der Waals surface area contributed by atoms with Crippen molar-refractivity contribution in [3.63, 3.8) is 0 Å². The second-order valence-corrected chi connectivity index (χ2v) is 8.24. The maximum Gasteiger partial charge on any atom is 0.324 e. The summed E-state index contributed by atoms with van der Waals surface area (Å²) >= 11 is 0.